The fourth-order valence-electron chi connectivity index (χ4n) is 2.08. The summed E-state index contributed by atoms with van der Waals surface area (Å²) in [7, 11) is 1.67. The summed E-state index contributed by atoms with van der Waals surface area (Å²) in [5.41, 5.74) is 1.20. The Balaban J connectivity index is 2.01. The molecule has 0 spiro atoms. The van der Waals surface area contributed by atoms with Gasteiger partial charge in [0.15, 0.2) is 0 Å². The molecule has 0 radical (unpaired) electrons. The lowest BCUT2D eigenvalue weighted by Crippen LogP contribution is -2.12. The van der Waals surface area contributed by atoms with Crippen molar-refractivity contribution < 1.29 is 9.84 Å². The van der Waals surface area contributed by atoms with Crippen LogP contribution in [0.4, 0.5) is 0 Å². The van der Waals surface area contributed by atoms with Gasteiger partial charge in [0, 0.05) is 11.5 Å². The molecule has 19 heavy (non-hydrogen) atoms. The van der Waals surface area contributed by atoms with Gasteiger partial charge in [-0.05, 0) is 64.5 Å². The van der Waals surface area contributed by atoms with Crippen LogP contribution in [0.5, 0.6) is 5.75 Å². The predicted molar refractivity (Wildman–Crippen MR) is 83.0 cm³/mol. The summed E-state index contributed by atoms with van der Waals surface area (Å²) in [6, 6.07) is 12.2. The highest BCUT2D eigenvalue weighted by molar-refractivity contribution is 9.11. The fourth-order valence-corrected chi connectivity index (χ4v) is 3.68. The van der Waals surface area contributed by atoms with Crippen LogP contribution >= 0.6 is 27.3 Å². The first-order valence-electron chi connectivity index (χ1n) is 6.19. The third kappa shape index (κ3) is 4.34. The maximum atomic E-state index is 9.54. The highest BCUT2D eigenvalue weighted by Crippen LogP contribution is 2.26. The number of thiophene rings is 1. The van der Waals surface area contributed by atoms with E-state index in [1.807, 2.05) is 18.2 Å². The number of methoxy groups -OCH3 is 1. The van der Waals surface area contributed by atoms with E-state index in [1.165, 1.54) is 10.4 Å². The molecule has 0 saturated carbocycles. The highest BCUT2D eigenvalue weighted by atomic mass is 79.9. The van der Waals surface area contributed by atoms with E-state index in [4.69, 9.17) is 4.74 Å². The number of aliphatic hydroxyl groups is 1. The standard InChI is InChI=1S/C15H17BrO2S/c1-18-13-4-2-3-11(8-13)7-12(10-17)9-14-5-6-15(16)19-14/h2-6,8,12,17H,7,9-10H2,1H3. The van der Waals surface area contributed by atoms with Gasteiger partial charge < -0.3 is 9.84 Å². The van der Waals surface area contributed by atoms with Gasteiger partial charge in [0.2, 0.25) is 0 Å². The zero-order chi connectivity index (χ0) is 13.7. The summed E-state index contributed by atoms with van der Waals surface area (Å²) in [6.45, 7) is 0.201. The summed E-state index contributed by atoms with van der Waals surface area (Å²) in [4.78, 5) is 1.30. The van der Waals surface area contributed by atoms with E-state index in [-0.39, 0.29) is 12.5 Å². The molecule has 0 amide bonds. The first kappa shape index (κ1) is 14.6. The molecule has 0 aliphatic carbocycles. The predicted octanol–water partition coefficient (Wildman–Crippen LogP) is 3.91. The Hall–Kier alpha value is -0.840. The van der Waals surface area contributed by atoms with Crippen molar-refractivity contribution in [3.63, 3.8) is 0 Å². The van der Waals surface area contributed by atoms with Crippen LogP contribution < -0.4 is 4.74 Å². The molecule has 1 unspecified atom stereocenters. The Morgan fingerprint density at radius 1 is 1.26 bits per heavy atom. The van der Waals surface area contributed by atoms with E-state index >= 15 is 0 Å². The Labute approximate surface area is 126 Å². The van der Waals surface area contributed by atoms with Gasteiger partial charge in [0.1, 0.15) is 5.75 Å². The molecule has 2 rings (SSSR count). The third-order valence-corrected chi connectivity index (χ3v) is 4.68. The van der Waals surface area contributed by atoms with E-state index in [1.54, 1.807) is 18.4 Å². The molecule has 0 fully saturated rings. The number of aliphatic hydroxyl groups excluding tert-OH is 1. The van der Waals surface area contributed by atoms with E-state index in [2.05, 4.69) is 34.1 Å². The van der Waals surface area contributed by atoms with Gasteiger partial charge in [0.05, 0.1) is 10.9 Å². The van der Waals surface area contributed by atoms with Crippen molar-refractivity contribution in [1.82, 2.24) is 0 Å². The van der Waals surface area contributed by atoms with Gasteiger partial charge in [-0.15, -0.1) is 11.3 Å². The largest absolute Gasteiger partial charge is 0.497 e. The number of halogens is 1. The topological polar surface area (TPSA) is 29.5 Å². The van der Waals surface area contributed by atoms with Crippen molar-refractivity contribution in [2.45, 2.75) is 12.8 Å². The molecule has 1 aromatic carbocycles. The molecular formula is C15H17BrO2S. The van der Waals surface area contributed by atoms with Crippen LogP contribution in [0.3, 0.4) is 0 Å². The maximum Gasteiger partial charge on any atom is 0.119 e. The molecule has 2 aromatic rings. The van der Waals surface area contributed by atoms with Crippen LogP contribution in [0, 0.1) is 5.92 Å². The minimum absolute atomic E-state index is 0.201. The molecule has 102 valence electrons. The monoisotopic (exact) mass is 340 g/mol. The lowest BCUT2D eigenvalue weighted by atomic mass is 9.96. The third-order valence-electron chi connectivity index (χ3n) is 3.04. The second-order valence-corrected chi connectivity index (χ2v) is 7.06. The molecule has 0 saturated heterocycles. The molecule has 1 atom stereocenters. The average Bonchev–Trinajstić information content (AvgIpc) is 2.83. The Morgan fingerprint density at radius 2 is 2.11 bits per heavy atom. The fraction of sp³-hybridized carbons (Fsp3) is 0.333. The lowest BCUT2D eigenvalue weighted by molar-refractivity contribution is 0.225. The summed E-state index contributed by atoms with van der Waals surface area (Å²) in [6.07, 6.45) is 1.77. The van der Waals surface area contributed by atoms with Gasteiger partial charge in [0.25, 0.3) is 0 Å². The van der Waals surface area contributed by atoms with Crippen molar-refractivity contribution in [2.75, 3.05) is 13.7 Å². The maximum absolute atomic E-state index is 9.54. The van der Waals surface area contributed by atoms with Gasteiger partial charge >= 0.3 is 0 Å². The molecule has 1 N–H and O–H groups in total. The zero-order valence-electron chi connectivity index (χ0n) is 10.8. The first-order chi connectivity index (χ1) is 9.21. The quantitative estimate of drug-likeness (QED) is 0.863. The first-order valence-corrected chi connectivity index (χ1v) is 7.80. The van der Waals surface area contributed by atoms with E-state index in [0.29, 0.717) is 0 Å². The van der Waals surface area contributed by atoms with Crippen molar-refractivity contribution in [1.29, 1.82) is 0 Å². The summed E-state index contributed by atoms with van der Waals surface area (Å²) in [5, 5.41) is 9.54. The summed E-state index contributed by atoms with van der Waals surface area (Å²) >= 11 is 5.20. The van der Waals surface area contributed by atoms with E-state index in [0.717, 1.165) is 22.4 Å². The molecular weight excluding hydrogens is 324 g/mol. The minimum Gasteiger partial charge on any atom is -0.497 e. The Morgan fingerprint density at radius 3 is 2.74 bits per heavy atom. The average molecular weight is 341 g/mol. The number of rotatable bonds is 6. The SMILES string of the molecule is COc1cccc(CC(CO)Cc2ccc(Br)s2)c1. The molecule has 0 aliphatic heterocycles. The van der Waals surface area contributed by atoms with Gasteiger partial charge in [-0.3, -0.25) is 0 Å². The second kappa shape index (κ2) is 7.08. The van der Waals surface area contributed by atoms with Crippen LogP contribution in [0.25, 0.3) is 0 Å². The number of hydrogen-bond acceptors (Lipinski definition) is 3. The van der Waals surface area contributed by atoms with Gasteiger partial charge in [-0.2, -0.15) is 0 Å². The van der Waals surface area contributed by atoms with Crippen LogP contribution in [0.1, 0.15) is 10.4 Å². The smallest absolute Gasteiger partial charge is 0.119 e. The van der Waals surface area contributed by atoms with Crippen LogP contribution in [0.15, 0.2) is 40.2 Å². The zero-order valence-corrected chi connectivity index (χ0v) is 13.2. The van der Waals surface area contributed by atoms with Crippen molar-refractivity contribution >= 4 is 27.3 Å². The lowest BCUT2D eigenvalue weighted by Gasteiger charge is -2.13. The number of ether oxygens (including phenoxy) is 1. The Bertz CT molecular complexity index is 524. The second-order valence-electron chi connectivity index (χ2n) is 4.51. The molecule has 1 heterocycles. The van der Waals surface area contributed by atoms with Gasteiger partial charge in [-0.25, -0.2) is 0 Å². The van der Waals surface area contributed by atoms with E-state index in [9.17, 15) is 5.11 Å². The van der Waals surface area contributed by atoms with Crippen LogP contribution in [-0.2, 0) is 12.8 Å². The highest BCUT2D eigenvalue weighted by Gasteiger charge is 2.11. The Kier molecular flexibility index (Phi) is 5.43. The molecule has 4 heteroatoms. The number of benzene rings is 1. The molecule has 1 aromatic heterocycles. The van der Waals surface area contributed by atoms with Crippen LogP contribution in [-0.4, -0.2) is 18.8 Å². The normalized spacial score (nSPS) is 12.4. The molecule has 0 aliphatic rings. The summed E-state index contributed by atoms with van der Waals surface area (Å²) < 4.78 is 6.36. The van der Waals surface area contributed by atoms with Crippen LogP contribution in [0.2, 0.25) is 0 Å². The van der Waals surface area contributed by atoms with E-state index < -0.39 is 0 Å². The van der Waals surface area contributed by atoms with Crippen molar-refractivity contribution in [3.05, 3.63) is 50.6 Å². The van der Waals surface area contributed by atoms with Crippen molar-refractivity contribution in [2.24, 2.45) is 5.92 Å². The molecule has 2 nitrogen and oxygen atoms in total. The molecule has 0 bridgehead atoms. The summed E-state index contributed by atoms with van der Waals surface area (Å²) in [5.74, 6) is 1.12. The van der Waals surface area contributed by atoms with Crippen molar-refractivity contribution in [3.8, 4) is 5.75 Å². The van der Waals surface area contributed by atoms with Gasteiger partial charge in [-0.1, -0.05) is 12.1 Å². The minimum atomic E-state index is 0.201. The number of hydrogen-bond donors (Lipinski definition) is 1.